The minimum atomic E-state index is -0.246. The van der Waals surface area contributed by atoms with Crippen LogP contribution in [0.4, 0.5) is 0 Å². The normalized spacial score (nSPS) is 18.3. The molecule has 1 fully saturated rings. The molecule has 3 heterocycles. The highest BCUT2D eigenvalue weighted by molar-refractivity contribution is 9.10. The van der Waals surface area contributed by atoms with Gasteiger partial charge in [0.05, 0.1) is 19.3 Å². The fraction of sp³-hybridized carbons (Fsp3) is 0.500. The molecule has 0 saturated carbocycles. The van der Waals surface area contributed by atoms with E-state index >= 15 is 0 Å². The number of aromatic nitrogens is 2. The molecule has 1 atom stereocenters. The van der Waals surface area contributed by atoms with Gasteiger partial charge in [-0.15, -0.1) is 11.3 Å². The third-order valence-corrected chi connectivity index (χ3v) is 4.97. The number of ether oxygens (including phenoxy) is 1. The molecule has 0 radical (unpaired) electrons. The van der Waals surface area contributed by atoms with Crippen molar-refractivity contribution in [2.75, 3.05) is 32.8 Å². The molecule has 3 rings (SSSR count). The van der Waals surface area contributed by atoms with Gasteiger partial charge in [0.25, 0.3) is 5.89 Å². The van der Waals surface area contributed by atoms with E-state index in [1.54, 1.807) is 11.3 Å². The van der Waals surface area contributed by atoms with Crippen LogP contribution in [-0.2, 0) is 4.74 Å². The van der Waals surface area contributed by atoms with Gasteiger partial charge < -0.3 is 15.0 Å². The zero-order valence-corrected chi connectivity index (χ0v) is 13.2. The number of rotatable bonds is 4. The van der Waals surface area contributed by atoms with Crippen LogP contribution in [0, 0.1) is 0 Å². The molecule has 2 aromatic heterocycles. The summed E-state index contributed by atoms with van der Waals surface area (Å²) in [5.74, 6) is 1.06. The largest absolute Gasteiger partial charge is 0.379 e. The number of nitrogens with two attached hydrogens (primary N) is 1. The molecule has 0 amide bonds. The second-order valence-corrected chi connectivity index (χ2v) is 6.35. The van der Waals surface area contributed by atoms with Crippen molar-refractivity contribution in [1.29, 1.82) is 0 Å². The van der Waals surface area contributed by atoms with Gasteiger partial charge in [-0.2, -0.15) is 4.98 Å². The fourth-order valence-corrected chi connectivity index (χ4v) is 3.53. The first-order valence-electron chi connectivity index (χ1n) is 6.36. The van der Waals surface area contributed by atoms with E-state index in [1.807, 2.05) is 11.4 Å². The zero-order valence-electron chi connectivity index (χ0n) is 10.8. The highest BCUT2D eigenvalue weighted by Gasteiger charge is 2.21. The predicted octanol–water partition coefficient (Wildman–Crippen LogP) is 1.89. The smallest absolute Gasteiger partial charge is 0.269 e. The Hall–Kier alpha value is -0.800. The molecule has 1 unspecified atom stereocenters. The average Bonchev–Trinajstić information content (AvgIpc) is 3.08. The highest BCUT2D eigenvalue weighted by atomic mass is 79.9. The standard InChI is InChI=1S/C12H15BrN4O2S/c13-8-1-6-20-10(8)12-15-11(16-19-12)9(14)7-17-2-4-18-5-3-17/h1,6,9H,2-5,7,14H2. The van der Waals surface area contributed by atoms with E-state index in [2.05, 4.69) is 31.0 Å². The van der Waals surface area contributed by atoms with Crippen LogP contribution >= 0.6 is 27.3 Å². The summed E-state index contributed by atoms with van der Waals surface area (Å²) in [5, 5.41) is 5.96. The number of morpholine rings is 1. The third kappa shape index (κ3) is 3.09. The van der Waals surface area contributed by atoms with Gasteiger partial charge in [-0.25, -0.2) is 0 Å². The van der Waals surface area contributed by atoms with Crippen molar-refractivity contribution in [2.24, 2.45) is 5.73 Å². The van der Waals surface area contributed by atoms with Crippen molar-refractivity contribution in [3.63, 3.8) is 0 Å². The quantitative estimate of drug-likeness (QED) is 0.899. The third-order valence-electron chi connectivity index (χ3n) is 3.14. The van der Waals surface area contributed by atoms with Gasteiger partial charge in [0.15, 0.2) is 5.82 Å². The average molecular weight is 359 g/mol. The lowest BCUT2D eigenvalue weighted by molar-refractivity contribution is 0.0348. The lowest BCUT2D eigenvalue weighted by atomic mass is 10.2. The molecule has 108 valence electrons. The predicted molar refractivity (Wildman–Crippen MR) is 79.5 cm³/mol. The maximum atomic E-state index is 6.15. The van der Waals surface area contributed by atoms with E-state index in [-0.39, 0.29) is 6.04 Å². The second kappa shape index (κ2) is 6.31. The first-order chi connectivity index (χ1) is 9.74. The van der Waals surface area contributed by atoms with Crippen molar-refractivity contribution in [3.8, 4) is 10.8 Å². The Bertz CT molecular complexity index is 567. The molecule has 1 saturated heterocycles. The maximum absolute atomic E-state index is 6.15. The molecule has 2 aromatic rings. The summed E-state index contributed by atoms with van der Waals surface area (Å²) < 4.78 is 11.6. The summed E-state index contributed by atoms with van der Waals surface area (Å²) >= 11 is 5.01. The van der Waals surface area contributed by atoms with Crippen molar-refractivity contribution >= 4 is 27.3 Å². The van der Waals surface area contributed by atoms with Crippen LogP contribution in [0.15, 0.2) is 20.4 Å². The Kier molecular flexibility index (Phi) is 4.47. The van der Waals surface area contributed by atoms with E-state index in [9.17, 15) is 0 Å². The fourth-order valence-electron chi connectivity index (χ4n) is 2.07. The molecule has 1 aliphatic rings. The van der Waals surface area contributed by atoms with Gasteiger partial charge in [0.1, 0.15) is 4.88 Å². The van der Waals surface area contributed by atoms with E-state index in [4.69, 9.17) is 15.0 Å². The maximum Gasteiger partial charge on any atom is 0.269 e. The summed E-state index contributed by atoms with van der Waals surface area (Å²) in [7, 11) is 0. The topological polar surface area (TPSA) is 77.4 Å². The molecule has 0 aromatic carbocycles. The Morgan fingerprint density at radius 3 is 2.95 bits per heavy atom. The molecule has 6 nitrogen and oxygen atoms in total. The highest BCUT2D eigenvalue weighted by Crippen LogP contribution is 2.32. The Labute approximate surface area is 129 Å². The van der Waals surface area contributed by atoms with Crippen LogP contribution in [0.5, 0.6) is 0 Å². The van der Waals surface area contributed by atoms with Gasteiger partial charge >= 0.3 is 0 Å². The number of hydrogen-bond donors (Lipinski definition) is 1. The molecule has 1 aliphatic heterocycles. The van der Waals surface area contributed by atoms with Crippen LogP contribution in [0.2, 0.25) is 0 Å². The summed E-state index contributed by atoms with van der Waals surface area (Å²) in [5.41, 5.74) is 6.15. The summed E-state index contributed by atoms with van der Waals surface area (Å²) in [4.78, 5) is 7.59. The zero-order chi connectivity index (χ0) is 13.9. The van der Waals surface area contributed by atoms with Crippen LogP contribution in [0.3, 0.4) is 0 Å². The molecule has 2 N–H and O–H groups in total. The van der Waals surface area contributed by atoms with Crippen LogP contribution < -0.4 is 5.73 Å². The number of nitrogens with zero attached hydrogens (tertiary/aromatic N) is 3. The monoisotopic (exact) mass is 358 g/mol. The van der Waals surface area contributed by atoms with Gasteiger partial charge in [-0.3, -0.25) is 4.90 Å². The van der Waals surface area contributed by atoms with Crippen LogP contribution in [-0.4, -0.2) is 47.9 Å². The SMILES string of the molecule is NC(CN1CCOCC1)c1noc(-c2sccc2Br)n1. The van der Waals surface area contributed by atoms with E-state index in [0.29, 0.717) is 18.3 Å². The van der Waals surface area contributed by atoms with Gasteiger partial charge in [-0.05, 0) is 27.4 Å². The van der Waals surface area contributed by atoms with E-state index < -0.39 is 0 Å². The summed E-state index contributed by atoms with van der Waals surface area (Å²) in [6.45, 7) is 4.02. The number of halogens is 1. The van der Waals surface area contributed by atoms with Crippen molar-refractivity contribution in [2.45, 2.75) is 6.04 Å². The van der Waals surface area contributed by atoms with Crippen molar-refractivity contribution in [3.05, 3.63) is 21.7 Å². The summed E-state index contributed by atoms with van der Waals surface area (Å²) in [6.07, 6.45) is 0. The lowest BCUT2D eigenvalue weighted by Crippen LogP contribution is -2.40. The minimum absolute atomic E-state index is 0.246. The molecular weight excluding hydrogens is 344 g/mol. The first-order valence-corrected chi connectivity index (χ1v) is 8.04. The molecule has 8 heteroatoms. The van der Waals surface area contributed by atoms with Crippen molar-refractivity contribution < 1.29 is 9.26 Å². The minimum Gasteiger partial charge on any atom is -0.379 e. The van der Waals surface area contributed by atoms with Gasteiger partial charge in [-0.1, -0.05) is 5.16 Å². The van der Waals surface area contributed by atoms with Gasteiger partial charge in [0, 0.05) is 24.1 Å². The molecular formula is C12H15BrN4O2S. The van der Waals surface area contributed by atoms with Gasteiger partial charge in [0.2, 0.25) is 0 Å². The number of thiophene rings is 1. The van der Waals surface area contributed by atoms with E-state index in [0.717, 1.165) is 35.7 Å². The molecule has 0 spiro atoms. The Morgan fingerprint density at radius 1 is 1.45 bits per heavy atom. The Balaban J connectivity index is 1.68. The van der Waals surface area contributed by atoms with Crippen molar-refractivity contribution in [1.82, 2.24) is 15.0 Å². The first kappa shape index (κ1) is 14.2. The lowest BCUT2D eigenvalue weighted by Gasteiger charge is -2.27. The van der Waals surface area contributed by atoms with Crippen LogP contribution in [0.25, 0.3) is 10.8 Å². The number of hydrogen-bond acceptors (Lipinski definition) is 7. The Morgan fingerprint density at radius 2 is 2.25 bits per heavy atom. The van der Waals surface area contributed by atoms with Crippen LogP contribution in [0.1, 0.15) is 11.9 Å². The molecule has 0 bridgehead atoms. The summed E-state index contributed by atoms with van der Waals surface area (Å²) in [6, 6.07) is 1.71. The molecule has 0 aliphatic carbocycles. The second-order valence-electron chi connectivity index (χ2n) is 4.57. The van der Waals surface area contributed by atoms with E-state index in [1.165, 1.54) is 0 Å². The molecule has 20 heavy (non-hydrogen) atoms.